The van der Waals surface area contributed by atoms with Crippen LogP contribution in [0.4, 0.5) is 11.6 Å². The molecule has 2 aromatic rings. The monoisotopic (exact) mass is 235 g/mol. The first kappa shape index (κ1) is 11.7. The summed E-state index contributed by atoms with van der Waals surface area (Å²) in [5.74, 6) is 0.972. The highest BCUT2D eigenvalue weighted by molar-refractivity contribution is 5.65. The topological polar surface area (TPSA) is 88.5 Å². The second kappa shape index (κ2) is 3.89. The minimum Gasteiger partial charge on any atom is -0.391 e. The van der Waals surface area contributed by atoms with E-state index in [1.54, 1.807) is 29.9 Å². The molecule has 0 fully saturated rings. The maximum absolute atomic E-state index is 9.68. The molecule has 17 heavy (non-hydrogen) atoms. The number of aliphatic hydroxyl groups excluding tert-OH is 1. The van der Waals surface area contributed by atoms with E-state index in [1.807, 2.05) is 13.8 Å². The van der Waals surface area contributed by atoms with Crippen LogP contribution in [0.25, 0.3) is 5.65 Å². The molecule has 6 heteroatoms. The van der Waals surface area contributed by atoms with Crippen molar-refractivity contribution in [2.45, 2.75) is 32.4 Å². The molecule has 0 aliphatic rings. The predicted octanol–water partition coefficient (Wildman–Crippen LogP) is 0.883. The number of nitrogens with two attached hydrogens (primary N) is 1. The second-order valence-electron chi connectivity index (χ2n) is 4.70. The van der Waals surface area contributed by atoms with Gasteiger partial charge in [0.2, 0.25) is 0 Å². The predicted molar refractivity (Wildman–Crippen MR) is 66.8 cm³/mol. The fourth-order valence-electron chi connectivity index (χ4n) is 1.44. The van der Waals surface area contributed by atoms with Gasteiger partial charge in [0.1, 0.15) is 5.82 Å². The highest BCUT2D eigenvalue weighted by Crippen LogP contribution is 2.21. The Bertz CT molecular complexity index is 532. The number of hydrogen-bond acceptors (Lipinski definition) is 5. The Kier molecular flexibility index (Phi) is 2.66. The molecule has 0 aliphatic carbocycles. The molecule has 0 saturated heterocycles. The van der Waals surface area contributed by atoms with Crippen LogP contribution >= 0.6 is 0 Å². The highest BCUT2D eigenvalue weighted by atomic mass is 16.3. The molecule has 2 heterocycles. The lowest BCUT2D eigenvalue weighted by Gasteiger charge is -2.30. The van der Waals surface area contributed by atoms with Gasteiger partial charge in [0.05, 0.1) is 17.8 Å². The summed E-state index contributed by atoms with van der Waals surface area (Å²) < 4.78 is 1.79. The maximum atomic E-state index is 9.68. The van der Waals surface area contributed by atoms with Gasteiger partial charge < -0.3 is 20.6 Å². The van der Waals surface area contributed by atoms with Crippen LogP contribution in [0.5, 0.6) is 0 Å². The smallest absolute Gasteiger partial charge is 0.180 e. The number of anilines is 2. The summed E-state index contributed by atoms with van der Waals surface area (Å²) in [6.07, 6.45) is 4.65. The van der Waals surface area contributed by atoms with E-state index in [-0.39, 0.29) is 0 Å². The lowest BCUT2D eigenvalue weighted by atomic mass is 9.99. The van der Waals surface area contributed by atoms with Crippen molar-refractivity contribution >= 4 is 17.3 Å². The first-order chi connectivity index (χ1) is 7.90. The molecule has 0 aromatic carbocycles. The summed E-state index contributed by atoms with van der Waals surface area (Å²) in [6, 6.07) is 0. The summed E-state index contributed by atoms with van der Waals surface area (Å²) in [4.78, 5) is 8.42. The molecule has 0 amide bonds. The normalized spacial score (nSPS) is 13.9. The van der Waals surface area contributed by atoms with Crippen LogP contribution in [-0.2, 0) is 0 Å². The Morgan fingerprint density at radius 2 is 2.24 bits per heavy atom. The Morgan fingerprint density at radius 3 is 2.88 bits per heavy atom. The zero-order valence-corrected chi connectivity index (χ0v) is 10.2. The van der Waals surface area contributed by atoms with E-state index in [0.29, 0.717) is 17.3 Å². The van der Waals surface area contributed by atoms with Gasteiger partial charge in [-0.25, -0.2) is 9.97 Å². The Labute approximate surface area is 99.5 Å². The van der Waals surface area contributed by atoms with E-state index in [2.05, 4.69) is 15.3 Å². The van der Waals surface area contributed by atoms with E-state index in [4.69, 9.17) is 5.73 Å². The van der Waals surface area contributed by atoms with Gasteiger partial charge in [0.15, 0.2) is 11.5 Å². The minimum atomic E-state index is -0.527. The summed E-state index contributed by atoms with van der Waals surface area (Å²) >= 11 is 0. The third-order valence-electron chi connectivity index (χ3n) is 2.88. The van der Waals surface area contributed by atoms with Crippen molar-refractivity contribution < 1.29 is 5.11 Å². The summed E-state index contributed by atoms with van der Waals surface area (Å²) in [7, 11) is 0. The Morgan fingerprint density at radius 1 is 1.53 bits per heavy atom. The van der Waals surface area contributed by atoms with Gasteiger partial charge in [-0.05, 0) is 20.8 Å². The van der Waals surface area contributed by atoms with Gasteiger partial charge in [-0.2, -0.15) is 0 Å². The van der Waals surface area contributed by atoms with Crippen LogP contribution in [-0.4, -0.2) is 31.1 Å². The molecule has 2 aromatic heterocycles. The van der Waals surface area contributed by atoms with E-state index in [9.17, 15) is 5.11 Å². The van der Waals surface area contributed by atoms with Crippen LogP contribution in [0.3, 0.4) is 0 Å². The van der Waals surface area contributed by atoms with Crippen molar-refractivity contribution in [2.24, 2.45) is 0 Å². The first-order valence-electron chi connectivity index (χ1n) is 5.45. The van der Waals surface area contributed by atoms with Crippen LogP contribution in [0.1, 0.15) is 20.8 Å². The molecule has 1 atom stereocenters. The number of hydrogen-bond donors (Lipinski definition) is 3. The minimum absolute atomic E-state index is 0.402. The van der Waals surface area contributed by atoms with Gasteiger partial charge in [-0.3, -0.25) is 0 Å². The molecule has 0 spiro atoms. The van der Waals surface area contributed by atoms with E-state index < -0.39 is 11.6 Å². The van der Waals surface area contributed by atoms with Crippen molar-refractivity contribution in [3.05, 3.63) is 18.6 Å². The zero-order chi connectivity index (χ0) is 12.6. The standard InChI is InChI=1S/C11H17N5O/c1-7(17)11(2,3)15-9-10-13-4-5-16(10)6-8(12)14-9/h4-7,17H,12H2,1-3H3,(H,14,15). The van der Waals surface area contributed by atoms with Crippen LogP contribution in [0.15, 0.2) is 18.6 Å². The average molecular weight is 235 g/mol. The number of aliphatic hydroxyl groups is 1. The SMILES string of the molecule is CC(O)C(C)(C)Nc1nc(N)cn2ccnc12. The first-order valence-corrected chi connectivity index (χ1v) is 5.45. The van der Waals surface area contributed by atoms with E-state index in [0.717, 1.165) is 0 Å². The Hall–Kier alpha value is -1.82. The fourth-order valence-corrected chi connectivity index (χ4v) is 1.44. The number of rotatable bonds is 3. The lowest BCUT2D eigenvalue weighted by Crippen LogP contribution is -2.42. The van der Waals surface area contributed by atoms with Gasteiger partial charge in [0.25, 0.3) is 0 Å². The molecule has 0 saturated carbocycles. The molecule has 2 rings (SSSR count). The van der Waals surface area contributed by atoms with Gasteiger partial charge >= 0.3 is 0 Å². The van der Waals surface area contributed by atoms with Gasteiger partial charge in [-0.15, -0.1) is 0 Å². The summed E-state index contributed by atoms with van der Waals surface area (Å²) in [5.41, 5.74) is 5.90. The molecule has 0 bridgehead atoms. The molecule has 1 unspecified atom stereocenters. The van der Waals surface area contributed by atoms with Crippen LogP contribution in [0, 0.1) is 0 Å². The number of nitrogen functional groups attached to an aromatic ring is 1. The molecule has 92 valence electrons. The number of aromatic nitrogens is 3. The number of fused-ring (bicyclic) bond motifs is 1. The lowest BCUT2D eigenvalue weighted by molar-refractivity contribution is 0.133. The molecule has 6 nitrogen and oxygen atoms in total. The molecule has 0 radical (unpaired) electrons. The molecule has 0 aliphatic heterocycles. The van der Waals surface area contributed by atoms with Crippen LogP contribution < -0.4 is 11.1 Å². The molecule has 4 N–H and O–H groups in total. The third-order valence-corrected chi connectivity index (χ3v) is 2.88. The quantitative estimate of drug-likeness (QED) is 0.735. The van der Waals surface area contributed by atoms with Gasteiger partial charge in [-0.1, -0.05) is 0 Å². The van der Waals surface area contributed by atoms with Crippen molar-refractivity contribution in [1.82, 2.24) is 14.4 Å². The van der Waals surface area contributed by atoms with E-state index >= 15 is 0 Å². The van der Waals surface area contributed by atoms with Crippen molar-refractivity contribution in [1.29, 1.82) is 0 Å². The fraction of sp³-hybridized carbons (Fsp3) is 0.455. The molecular weight excluding hydrogens is 218 g/mol. The van der Waals surface area contributed by atoms with E-state index in [1.165, 1.54) is 0 Å². The van der Waals surface area contributed by atoms with Crippen molar-refractivity contribution in [2.75, 3.05) is 11.1 Å². The Balaban J connectivity index is 2.45. The molecular formula is C11H17N5O. The maximum Gasteiger partial charge on any atom is 0.180 e. The average Bonchev–Trinajstić information content (AvgIpc) is 2.64. The highest BCUT2D eigenvalue weighted by Gasteiger charge is 2.25. The summed E-state index contributed by atoms with van der Waals surface area (Å²) in [6.45, 7) is 5.51. The van der Waals surface area contributed by atoms with Gasteiger partial charge in [0, 0.05) is 12.4 Å². The summed E-state index contributed by atoms with van der Waals surface area (Å²) in [5, 5.41) is 12.8. The van der Waals surface area contributed by atoms with Crippen molar-refractivity contribution in [3.63, 3.8) is 0 Å². The second-order valence-corrected chi connectivity index (χ2v) is 4.70. The largest absolute Gasteiger partial charge is 0.391 e. The number of imidazole rings is 1. The van der Waals surface area contributed by atoms with Crippen molar-refractivity contribution in [3.8, 4) is 0 Å². The number of nitrogens with zero attached hydrogens (tertiary/aromatic N) is 3. The third kappa shape index (κ3) is 2.16. The zero-order valence-electron chi connectivity index (χ0n) is 10.2. The van der Waals surface area contributed by atoms with Crippen LogP contribution in [0.2, 0.25) is 0 Å². The number of nitrogens with one attached hydrogen (secondary N) is 1.